The smallest absolute Gasteiger partial charge is 0.198 e. The maximum Gasteiger partial charge on any atom is 0.198 e. The lowest BCUT2D eigenvalue weighted by Gasteiger charge is -2.40. The Morgan fingerprint density at radius 3 is 1.64 bits per heavy atom. The third-order valence-corrected chi connectivity index (χ3v) is 17.6. The molecule has 0 atom stereocenters. The standard InChI is InChI=1S/C54H38BN3Si/c1-4-19-37(20-5-1)57(38-21-6-2-7-22-38)40-35-44(53-48(36-40)58(39-23-8-3-9-24-39)47-30-14-12-28-45(47)55-53)43-27-18-34-52-54(43)56-46-29-13-17-33-51(46)59(52)49-31-15-10-25-41(49)42-26-11-16-32-50(42)59/h1-36,55-56H. The molecule has 3 aliphatic heterocycles. The van der Waals surface area contributed by atoms with E-state index in [4.69, 9.17) is 0 Å². The summed E-state index contributed by atoms with van der Waals surface area (Å²) >= 11 is 0. The molecule has 59 heavy (non-hydrogen) atoms. The molecule has 3 heterocycles. The highest BCUT2D eigenvalue weighted by atomic mass is 28.3. The Labute approximate surface area is 346 Å². The minimum atomic E-state index is -2.75. The quantitative estimate of drug-likeness (QED) is 0.176. The summed E-state index contributed by atoms with van der Waals surface area (Å²) < 4.78 is 0. The molecular formula is C54H38BN3Si. The Bertz CT molecular complexity index is 2990. The van der Waals surface area contributed by atoms with Gasteiger partial charge in [-0.05, 0) is 104 Å². The van der Waals surface area contributed by atoms with Gasteiger partial charge in [0.2, 0.25) is 0 Å². The summed E-state index contributed by atoms with van der Waals surface area (Å²) in [6.07, 6.45) is 0. The fourth-order valence-electron chi connectivity index (χ4n) is 10.3. The average Bonchev–Trinajstić information content (AvgIpc) is 3.59. The third-order valence-electron chi connectivity index (χ3n) is 12.7. The van der Waals surface area contributed by atoms with Crippen LogP contribution in [0, 0.1) is 0 Å². The van der Waals surface area contributed by atoms with Gasteiger partial charge in [-0.1, -0.05) is 163 Å². The summed E-state index contributed by atoms with van der Waals surface area (Å²) in [5.74, 6) is 0. The topological polar surface area (TPSA) is 18.5 Å². The number of benzene rings is 9. The first-order valence-corrected chi connectivity index (χ1v) is 22.5. The van der Waals surface area contributed by atoms with Gasteiger partial charge in [0.25, 0.3) is 0 Å². The van der Waals surface area contributed by atoms with Crippen molar-refractivity contribution in [3.63, 3.8) is 0 Å². The Kier molecular flexibility index (Phi) is 7.65. The van der Waals surface area contributed by atoms with E-state index in [1.165, 1.54) is 76.7 Å². The van der Waals surface area contributed by atoms with Gasteiger partial charge in [-0.15, -0.1) is 0 Å². The maximum atomic E-state index is 4.11. The predicted molar refractivity (Wildman–Crippen MR) is 254 cm³/mol. The van der Waals surface area contributed by atoms with E-state index in [0.717, 1.165) is 30.0 Å². The summed E-state index contributed by atoms with van der Waals surface area (Å²) in [7, 11) is -1.93. The monoisotopic (exact) mass is 767 g/mol. The van der Waals surface area contributed by atoms with Crippen LogP contribution in [0.15, 0.2) is 218 Å². The van der Waals surface area contributed by atoms with Crippen LogP contribution in [0.4, 0.5) is 45.5 Å². The Morgan fingerprint density at radius 1 is 0.407 bits per heavy atom. The van der Waals surface area contributed by atoms with E-state index in [-0.39, 0.29) is 0 Å². The molecule has 5 heteroatoms. The highest BCUT2D eigenvalue weighted by Crippen LogP contribution is 2.45. The number of rotatable bonds is 5. The van der Waals surface area contributed by atoms with Crippen LogP contribution in [0.25, 0.3) is 22.3 Å². The number of nitrogens with one attached hydrogen (secondary N) is 1. The molecule has 3 aliphatic rings. The molecule has 0 amide bonds. The van der Waals surface area contributed by atoms with Gasteiger partial charge in [-0.25, -0.2) is 0 Å². The molecule has 1 spiro atoms. The van der Waals surface area contributed by atoms with E-state index >= 15 is 0 Å². The van der Waals surface area contributed by atoms with Crippen LogP contribution in [0.1, 0.15) is 0 Å². The van der Waals surface area contributed by atoms with Gasteiger partial charge >= 0.3 is 0 Å². The number of fused-ring (bicyclic) bond motifs is 11. The molecule has 9 aromatic rings. The van der Waals surface area contributed by atoms with E-state index in [1.54, 1.807) is 0 Å². The molecule has 0 radical (unpaired) electrons. The zero-order valence-electron chi connectivity index (χ0n) is 32.4. The molecule has 9 aromatic carbocycles. The van der Waals surface area contributed by atoms with Crippen molar-refractivity contribution >= 4 is 92.5 Å². The van der Waals surface area contributed by atoms with Gasteiger partial charge in [0.1, 0.15) is 0 Å². The zero-order valence-corrected chi connectivity index (χ0v) is 33.4. The normalized spacial score (nSPS) is 13.5. The van der Waals surface area contributed by atoms with Crippen LogP contribution in [-0.2, 0) is 0 Å². The van der Waals surface area contributed by atoms with Crippen LogP contribution < -0.4 is 46.8 Å². The molecule has 3 nitrogen and oxygen atoms in total. The van der Waals surface area contributed by atoms with Crippen LogP contribution >= 0.6 is 0 Å². The first-order chi connectivity index (χ1) is 29.3. The fourth-order valence-corrected chi connectivity index (χ4v) is 15.8. The SMILES string of the molecule is B1c2ccccc2N(c2ccccc2)c2cc(N(c3ccccc3)c3ccccc3)cc(-c3cccc4c3Nc3ccccc3[Si]43c4ccccc4-c4ccccc43)c21. The van der Waals surface area contributed by atoms with Crippen LogP contribution in [0.2, 0.25) is 0 Å². The van der Waals surface area contributed by atoms with Crippen molar-refractivity contribution in [2.75, 3.05) is 15.1 Å². The number of hydrogen-bond donors (Lipinski definition) is 1. The van der Waals surface area contributed by atoms with E-state index in [2.05, 4.69) is 234 Å². The largest absolute Gasteiger partial charge is 0.355 e. The molecule has 0 saturated carbocycles. The maximum absolute atomic E-state index is 4.11. The number of para-hydroxylation sites is 6. The first kappa shape index (κ1) is 33.8. The molecule has 0 aliphatic carbocycles. The molecule has 0 fully saturated rings. The highest BCUT2D eigenvalue weighted by Gasteiger charge is 2.52. The molecule has 0 saturated heterocycles. The minimum absolute atomic E-state index is 0.815. The lowest BCUT2D eigenvalue weighted by Crippen LogP contribution is -2.74. The van der Waals surface area contributed by atoms with Gasteiger partial charge < -0.3 is 15.1 Å². The molecule has 0 unspecified atom stereocenters. The molecular weight excluding hydrogens is 730 g/mol. The van der Waals surface area contributed by atoms with E-state index in [9.17, 15) is 0 Å². The van der Waals surface area contributed by atoms with Crippen molar-refractivity contribution in [1.82, 2.24) is 0 Å². The first-order valence-electron chi connectivity index (χ1n) is 20.5. The van der Waals surface area contributed by atoms with E-state index in [1.807, 2.05) is 0 Å². The molecule has 1 N–H and O–H groups in total. The molecule has 0 bridgehead atoms. The summed E-state index contributed by atoms with van der Waals surface area (Å²) in [6.45, 7) is 0. The van der Waals surface area contributed by atoms with Gasteiger partial charge in [0.15, 0.2) is 15.4 Å². The summed E-state index contributed by atoms with van der Waals surface area (Å²) in [5.41, 5.74) is 17.1. The lowest BCUT2D eigenvalue weighted by atomic mass is 9.58. The van der Waals surface area contributed by atoms with Crippen LogP contribution in [-0.4, -0.2) is 15.4 Å². The Balaban J connectivity index is 1.19. The molecule has 0 aromatic heterocycles. The van der Waals surface area contributed by atoms with Crippen molar-refractivity contribution in [2.24, 2.45) is 0 Å². The Morgan fingerprint density at radius 2 is 0.949 bits per heavy atom. The fraction of sp³-hybridized carbons (Fsp3) is 0. The van der Waals surface area contributed by atoms with Gasteiger partial charge in [0, 0.05) is 51.1 Å². The second-order valence-corrected chi connectivity index (χ2v) is 19.4. The third kappa shape index (κ3) is 5.02. The van der Waals surface area contributed by atoms with Crippen molar-refractivity contribution in [3.8, 4) is 22.3 Å². The minimum Gasteiger partial charge on any atom is -0.355 e. The summed E-state index contributed by atoms with van der Waals surface area (Å²) in [6, 6.07) is 80.8. The van der Waals surface area contributed by atoms with Crippen molar-refractivity contribution in [3.05, 3.63) is 218 Å². The van der Waals surface area contributed by atoms with Crippen LogP contribution in [0.5, 0.6) is 0 Å². The van der Waals surface area contributed by atoms with E-state index < -0.39 is 8.07 Å². The van der Waals surface area contributed by atoms with Crippen molar-refractivity contribution in [2.45, 2.75) is 0 Å². The molecule has 276 valence electrons. The number of hydrogen-bond acceptors (Lipinski definition) is 3. The highest BCUT2D eigenvalue weighted by molar-refractivity contribution is 7.23. The van der Waals surface area contributed by atoms with Crippen LogP contribution in [0.3, 0.4) is 0 Å². The summed E-state index contributed by atoms with van der Waals surface area (Å²) in [4.78, 5) is 4.89. The van der Waals surface area contributed by atoms with Crippen molar-refractivity contribution < 1.29 is 0 Å². The van der Waals surface area contributed by atoms with Gasteiger partial charge in [0.05, 0.1) is 0 Å². The molecule has 12 rings (SSSR count). The Hall–Kier alpha value is -7.34. The van der Waals surface area contributed by atoms with Crippen molar-refractivity contribution in [1.29, 1.82) is 0 Å². The van der Waals surface area contributed by atoms with Gasteiger partial charge in [-0.3, -0.25) is 0 Å². The number of anilines is 8. The second kappa shape index (κ2) is 13.4. The number of nitrogens with zero attached hydrogens (tertiary/aromatic N) is 2. The zero-order chi connectivity index (χ0) is 38.9. The lowest BCUT2D eigenvalue weighted by molar-refractivity contribution is 1.26. The van der Waals surface area contributed by atoms with Gasteiger partial charge in [-0.2, -0.15) is 0 Å². The van der Waals surface area contributed by atoms with E-state index in [0.29, 0.717) is 0 Å². The average molecular weight is 768 g/mol. The summed E-state index contributed by atoms with van der Waals surface area (Å²) in [5, 5.41) is 9.86. The second-order valence-electron chi connectivity index (χ2n) is 15.7. The predicted octanol–water partition coefficient (Wildman–Crippen LogP) is 9.41.